The predicted molar refractivity (Wildman–Crippen MR) is 122 cm³/mol. The zero-order valence-corrected chi connectivity index (χ0v) is 19.3. The van der Waals surface area contributed by atoms with Crippen molar-refractivity contribution in [3.8, 4) is 17.0 Å². The largest absolute Gasteiger partial charge is 0.489 e. The fraction of sp³-hybridized carbons (Fsp3) is 0.400. The third-order valence-electron chi connectivity index (χ3n) is 5.91. The summed E-state index contributed by atoms with van der Waals surface area (Å²) in [4.78, 5) is 16.9. The molecule has 1 aliphatic rings. The Bertz CT molecular complexity index is 1140. The molecule has 1 fully saturated rings. The molecule has 0 atom stereocenters. The van der Waals surface area contributed by atoms with Gasteiger partial charge in [0, 0.05) is 18.7 Å². The maximum Gasteiger partial charge on any atom is 0.407 e. The first-order chi connectivity index (χ1) is 16.4. The molecule has 1 N–H and O–H groups in total. The lowest BCUT2D eigenvalue weighted by atomic mass is 9.98. The summed E-state index contributed by atoms with van der Waals surface area (Å²) in [5, 5.41) is 6.95. The van der Waals surface area contributed by atoms with Crippen molar-refractivity contribution in [2.75, 3.05) is 0 Å². The summed E-state index contributed by atoms with van der Waals surface area (Å²) in [5.41, 5.74) is 3.27. The molecular formula is C25H28F2N4O3. The molecule has 0 spiro atoms. The van der Waals surface area contributed by atoms with Crippen LogP contribution in [0.4, 0.5) is 13.6 Å². The summed E-state index contributed by atoms with van der Waals surface area (Å²) in [6, 6.07) is 6.82. The first-order valence-electron chi connectivity index (χ1n) is 11.4. The highest BCUT2D eigenvalue weighted by molar-refractivity contribution is 5.68. The van der Waals surface area contributed by atoms with Crippen molar-refractivity contribution in [1.29, 1.82) is 0 Å². The van der Waals surface area contributed by atoms with Gasteiger partial charge in [0.1, 0.15) is 24.0 Å². The van der Waals surface area contributed by atoms with Crippen LogP contribution in [0.3, 0.4) is 0 Å². The van der Waals surface area contributed by atoms with Gasteiger partial charge in [0.2, 0.25) is 0 Å². The van der Waals surface area contributed by atoms with Gasteiger partial charge in [-0.3, -0.25) is 4.68 Å². The van der Waals surface area contributed by atoms with Crippen LogP contribution in [0, 0.1) is 18.6 Å². The maximum atomic E-state index is 13.3. The Balaban J connectivity index is 1.38. The summed E-state index contributed by atoms with van der Waals surface area (Å²) in [7, 11) is 1.77. The van der Waals surface area contributed by atoms with Crippen molar-refractivity contribution in [3.63, 3.8) is 0 Å². The van der Waals surface area contributed by atoms with E-state index in [0.29, 0.717) is 0 Å². The van der Waals surface area contributed by atoms with Crippen LogP contribution in [0.15, 0.2) is 36.5 Å². The first-order valence-corrected chi connectivity index (χ1v) is 11.4. The number of rotatable bonds is 7. The average molecular weight is 471 g/mol. The van der Waals surface area contributed by atoms with Crippen LogP contribution in [-0.2, 0) is 24.9 Å². The minimum absolute atomic E-state index is 0.142. The Kier molecular flexibility index (Phi) is 7.40. The summed E-state index contributed by atoms with van der Waals surface area (Å²) >= 11 is 0. The van der Waals surface area contributed by atoms with E-state index in [0.717, 1.165) is 59.4 Å². The fourth-order valence-electron chi connectivity index (χ4n) is 4.12. The molecule has 180 valence electrons. The molecule has 0 aliphatic heterocycles. The second-order valence-electron chi connectivity index (χ2n) is 8.49. The molecule has 2 heterocycles. The van der Waals surface area contributed by atoms with E-state index in [2.05, 4.69) is 10.4 Å². The zero-order chi connectivity index (χ0) is 24.1. The Labute approximate surface area is 197 Å². The number of hydrogen-bond acceptors (Lipinski definition) is 5. The van der Waals surface area contributed by atoms with Crippen LogP contribution in [-0.4, -0.2) is 27.0 Å². The van der Waals surface area contributed by atoms with Gasteiger partial charge < -0.3 is 14.8 Å². The lowest BCUT2D eigenvalue weighted by molar-refractivity contribution is 0.138. The Hall–Kier alpha value is -3.49. The van der Waals surface area contributed by atoms with Gasteiger partial charge in [-0.1, -0.05) is 6.42 Å². The topological polar surface area (TPSA) is 78.3 Å². The van der Waals surface area contributed by atoms with Gasteiger partial charge >= 0.3 is 6.09 Å². The van der Waals surface area contributed by atoms with E-state index in [-0.39, 0.29) is 24.8 Å². The lowest BCUT2D eigenvalue weighted by Crippen LogP contribution is -2.25. The van der Waals surface area contributed by atoms with Crippen LogP contribution in [0.5, 0.6) is 5.75 Å². The molecule has 1 saturated carbocycles. The maximum absolute atomic E-state index is 13.3. The van der Waals surface area contributed by atoms with Gasteiger partial charge in [0.05, 0.1) is 35.9 Å². The second-order valence-corrected chi connectivity index (χ2v) is 8.49. The van der Waals surface area contributed by atoms with Gasteiger partial charge in [0.15, 0.2) is 0 Å². The SMILES string of the molecule is Cc1nc(-c2cnn(C)c2CNC(=O)OCc2cc(F)cc(F)c2)ccc1OC1CCCCC1. The normalized spacial score (nSPS) is 14.1. The molecule has 0 bridgehead atoms. The Morgan fingerprint density at radius 2 is 1.88 bits per heavy atom. The van der Waals surface area contributed by atoms with E-state index in [4.69, 9.17) is 14.5 Å². The highest BCUT2D eigenvalue weighted by atomic mass is 19.1. The summed E-state index contributed by atoms with van der Waals surface area (Å²) in [5.74, 6) is -0.662. The minimum atomic E-state index is -0.725. The highest BCUT2D eigenvalue weighted by Crippen LogP contribution is 2.28. The standard InChI is InChI=1S/C25H28F2N4O3/c1-16-24(34-20-6-4-3-5-7-20)9-8-22(30-16)21-13-29-31(2)23(21)14-28-25(32)33-15-17-10-18(26)12-19(27)11-17/h8-13,20H,3-7,14-15H2,1-2H3,(H,28,32). The number of nitrogens with one attached hydrogen (secondary N) is 1. The van der Waals surface area contributed by atoms with Crippen molar-refractivity contribution in [2.45, 2.75) is 58.3 Å². The summed E-state index contributed by atoms with van der Waals surface area (Å²) in [6.07, 6.45) is 7.04. The second kappa shape index (κ2) is 10.6. The third-order valence-corrected chi connectivity index (χ3v) is 5.91. The van der Waals surface area contributed by atoms with E-state index in [9.17, 15) is 13.6 Å². The van der Waals surface area contributed by atoms with Crippen molar-refractivity contribution in [2.24, 2.45) is 7.05 Å². The number of amides is 1. The number of alkyl carbamates (subject to hydrolysis) is 1. The zero-order valence-electron chi connectivity index (χ0n) is 19.3. The van der Waals surface area contributed by atoms with Crippen LogP contribution in [0.2, 0.25) is 0 Å². The number of carbonyl (C=O) groups excluding carboxylic acids is 1. The van der Waals surface area contributed by atoms with Crippen molar-refractivity contribution >= 4 is 6.09 Å². The molecule has 4 rings (SSSR count). The van der Waals surface area contributed by atoms with Gasteiger partial charge in [-0.2, -0.15) is 5.10 Å². The van der Waals surface area contributed by atoms with Gasteiger partial charge in [0.25, 0.3) is 0 Å². The number of nitrogens with zero attached hydrogens (tertiary/aromatic N) is 3. The number of halogens is 2. The predicted octanol–water partition coefficient (Wildman–Crippen LogP) is 5.21. The van der Waals surface area contributed by atoms with E-state index in [1.54, 1.807) is 17.9 Å². The number of pyridine rings is 1. The number of ether oxygens (including phenoxy) is 2. The highest BCUT2D eigenvalue weighted by Gasteiger charge is 2.18. The van der Waals surface area contributed by atoms with E-state index in [1.807, 2.05) is 19.1 Å². The molecule has 34 heavy (non-hydrogen) atoms. The molecule has 1 amide bonds. The number of aryl methyl sites for hydroxylation is 2. The Morgan fingerprint density at radius 3 is 2.59 bits per heavy atom. The molecule has 9 heteroatoms. The van der Waals surface area contributed by atoms with Gasteiger partial charge in [-0.05, 0) is 62.4 Å². The average Bonchev–Trinajstić information content (AvgIpc) is 3.18. The minimum Gasteiger partial charge on any atom is -0.489 e. The third kappa shape index (κ3) is 5.89. The summed E-state index contributed by atoms with van der Waals surface area (Å²) < 4.78 is 39.5. The van der Waals surface area contributed by atoms with Crippen LogP contribution < -0.4 is 10.1 Å². The summed E-state index contributed by atoms with van der Waals surface area (Å²) in [6.45, 7) is 1.81. The van der Waals surface area contributed by atoms with E-state index >= 15 is 0 Å². The van der Waals surface area contributed by atoms with Crippen molar-refractivity contribution < 1.29 is 23.0 Å². The Morgan fingerprint density at radius 1 is 1.15 bits per heavy atom. The molecule has 1 aliphatic carbocycles. The molecule has 3 aromatic rings. The van der Waals surface area contributed by atoms with Gasteiger partial charge in [-0.25, -0.2) is 18.6 Å². The number of hydrogen-bond donors (Lipinski definition) is 1. The molecule has 1 aromatic carbocycles. The monoisotopic (exact) mass is 470 g/mol. The molecule has 0 unspecified atom stereocenters. The van der Waals surface area contributed by atoms with Crippen molar-refractivity contribution in [1.82, 2.24) is 20.1 Å². The van der Waals surface area contributed by atoms with Crippen LogP contribution in [0.1, 0.15) is 49.1 Å². The number of carbonyl (C=O) groups is 1. The molecule has 0 saturated heterocycles. The smallest absolute Gasteiger partial charge is 0.407 e. The molecule has 2 aromatic heterocycles. The van der Waals surface area contributed by atoms with Crippen LogP contribution >= 0.6 is 0 Å². The van der Waals surface area contributed by atoms with E-state index < -0.39 is 17.7 Å². The lowest BCUT2D eigenvalue weighted by Gasteiger charge is -2.23. The number of aromatic nitrogens is 3. The molecular weight excluding hydrogens is 442 g/mol. The van der Waals surface area contributed by atoms with Gasteiger partial charge in [-0.15, -0.1) is 0 Å². The molecule has 7 nitrogen and oxygen atoms in total. The molecule has 0 radical (unpaired) electrons. The quantitative estimate of drug-likeness (QED) is 0.513. The van der Waals surface area contributed by atoms with Crippen LogP contribution in [0.25, 0.3) is 11.3 Å². The van der Waals surface area contributed by atoms with Crippen molar-refractivity contribution in [3.05, 3.63) is 65.1 Å². The number of benzene rings is 1. The first kappa shape index (κ1) is 23.7. The van der Waals surface area contributed by atoms with E-state index in [1.165, 1.54) is 19.3 Å². The fourth-order valence-corrected chi connectivity index (χ4v) is 4.12.